The monoisotopic (exact) mass is 236 g/mol. The van der Waals surface area contributed by atoms with Gasteiger partial charge in [0.05, 0.1) is 12.7 Å². The number of aliphatic hydroxyl groups is 1. The van der Waals surface area contributed by atoms with Crippen molar-refractivity contribution < 1.29 is 9.84 Å². The smallest absolute Gasteiger partial charge is 0.119 e. The number of unbranched alkanes of at least 4 members (excludes halogenated alkanes) is 3. The summed E-state index contributed by atoms with van der Waals surface area (Å²) in [5, 5.41) is 9.33. The Morgan fingerprint density at radius 3 is 2.76 bits per heavy atom. The lowest BCUT2D eigenvalue weighted by Crippen LogP contribution is -2.04. The summed E-state index contributed by atoms with van der Waals surface area (Å²) < 4.78 is 5.69. The van der Waals surface area contributed by atoms with Gasteiger partial charge in [-0.15, -0.1) is 0 Å². The van der Waals surface area contributed by atoms with Gasteiger partial charge in [-0.2, -0.15) is 0 Å². The summed E-state index contributed by atoms with van der Waals surface area (Å²) in [4.78, 5) is 0. The van der Waals surface area contributed by atoms with Gasteiger partial charge in [0.25, 0.3) is 0 Å². The number of rotatable bonds is 8. The van der Waals surface area contributed by atoms with Crippen LogP contribution in [0.25, 0.3) is 0 Å². The van der Waals surface area contributed by atoms with Crippen LogP contribution in [-0.4, -0.2) is 17.8 Å². The van der Waals surface area contributed by atoms with Crippen molar-refractivity contribution in [2.24, 2.45) is 0 Å². The third-order valence-corrected chi connectivity index (χ3v) is 2.70. The molecule has 0 aromatic heterocycles. The van der Waals surface area contributed by atoms with Crippen molar-refractivity contribution in [2.45, 2.75) is 52.1 Å². The zero-order valence-electron chi connectivity index (χ0n) is 11.0. The SMILES string of the molecule is CCCCCCOc1cccc(C[C@@H](C)O)c1. The molecule has 0 spiro atoms. The molecule has 0 heterocycles. The fourth-order valence-corrected chi connectivity index (χ4v) is 1.82. The molecule has 17 heavy (non-hydrogen) atoms. The first-order chi connectivity index (χ1) is 8.22. The molecule has 0 bridgehead atoms. The Kier molecular flexibility index (Phi) is 6.71. The average Bonchev–Trinajstić information content (AvgIpc) is 2.28. The van der Waals surface area contributed by atoms with Gasteiger partial charge in [0, 0.05) is 0 Å². The van der Waals surface area contributed by atoms with E-state index in [0.717, 1.165) is 24.3 Å². The Morgan fingerprint density at radius 1 is 1.24 bits per heavy atom. The highest BCUT2D eigenvalue weighted by Crippen LogP contribution is 2.15. The van der Waals surface area contributed by atoms with Crippen LogP contribution in [0, 0.1) is 0 Å². The van der Waals surface area contributed by atoms with Gasteiger partial charge in [-0.1, -0.05) is 38.3 Å². The maximum atomic E-state index is 9.33. The van der Waals surface area contributed by atoms with Crippen molar-refractivity contribution in [1.29, 1.82) is 0 Å². The van der Waals surface area contributed by atoms with Crippen molar-refractivity contribution >= 4 is 0 Å². The molecule has 0 unspecified atom stereocenters. The van der Waals surface area contributed by atoms with Gasteiger partial charge in [-0.05, 0) is 37.5 Å². The molecular formula is C15H24O2. The van der Waals surface area contributed by atoms with Crippen LogP contribution >= 0.6 is 0 Å². The minimum Gasteiger partial charge on any atom is -0.494 e. The normalized spacial score (nSPS) is 12.4. The number of hydrogen-bond acceptors (Lipinski definition) is 2. The number of benzene rings is 1. The van der Waals surface area contributed by atoms with Gasteiger partial charge in [0.15, 0.2) is 0 Å². The second-order valence-electron chi connectivity index (χ2n) is 4.61. The lowest BCUT2D eigenvalue weighted by molar-refractivity contribution is 0.195. The molecule has 1 aromatic carbocycles. The molecule has 0 saturated heterocycles. The van der Waals surface area contributed by atoms with Crippen molar-refractivity contribution in [3.63, 3.8) is 0 Å². The zero-order valence-corrected chi connectivity index (χ0v) is 11.0. The van der Waals surface area contributed by atoms with E-state index in [1.165, 1.54) is 19.3 Å². The fourth-order valence-electron chi connectivity index (χ4n) is 1.82. The minimum absolute atomic E-state index is 0.296. The van der Waals surface area contributed by atoms with E-state index in [4.69, 9.17) is 4.74 Å². The zero-order chi connectivity index (χ0) is 12.5. The molecule has 2 nitrogen and oxygen atoms in total. The lowest BCUT2D eigenvalue weighted by Gasteiger charge is -2.09. The number of ether oxygens (including phenoxy) is 1. The quantitative estimate of drug-likeness (QED) is 0.699. The summed E-state index contributed by atoms with van der Waals surface area (Å²) in [6, 6.07) is 8.01. The predicted molar refractivity (Wildman–Crippen MR) is 71.5 cm³/mol. The van der Waals surface area contributed by atoms with Crippen LogP contribution < -0.4 is 4.74 Å². The van der Waals surface area contributed by atoms with Gasteiger partial charge in [0.2, 0.25) is 0 Å². The van der Waals surface area contributed by atoms with Crippen molar-refractivity contribution in [2.75, 3.05) is 6.61 Å². The molecule has 1 aromatic rings. The Bertz CT molecular complexity index is 308. The first-order valence-corrected chi connectivity index (χ1v) is 6.62. The van der Waals surface area contributed by atoms with E-state index in [9.17, 15) is 5.11 Å². The second kappa shape index (κ2) is 8.13. The molecule has 1 rings (SSSR count). The van der Waals surface area contributed by atoms with Crippen molar-refractivity contribution in [3.05, 3.63) is 29.8 Å². The van der Waals surface area contributed by atoms with Gasteiger partial charge in [-0.3, -0.25) is 0 Å². The summed E-state index contributed by atoms with van der Waals surface area (Å²) in [6.07, 6.45) is 5.29. The van der Waals surface area contributed by atoms with Crippen LogP contribution in [0.1, 0.15) is 45.1 Å². The van der Waals surface area contributed by atoms with Crippen LogP contribution in [0.3, 0.4) is 0 Å². The molecule has 0 aliphatic rings. The summed E-state index contributed by atoms with van der Waals surface area (Å²) >= 11 is 0. The summed E-state index contributed by atoms with van der Waals surface area (Å²) in [5.74, 6) is 0.916. The van der Waals surface area contributed by atoms with Crippen LogP contribution in [0.5, 0.6) is 5.75 Å². The molecule has 1 N–H and O–H groups in total. The summed E-state index contributed by atoms with van der Waals surface area (Å²) in [5.41, 5.74) is 1.13. The lowest BCUT2D eigenvalue weighted by atomic mass is 10.1. The van der Waals surface area contributed by atoms with Crippen molar-refractivity contribution in [3.8, 4) is 5.75 Å². The molecule has 0 fully saturated rings. The Labute approximate surface area is 105 Å². The molecule has 1 atom stereocenters. The maximum Gasteiger partial charge on any atom is 0.119 e. The number of hydrogen-bond donors (Lipinski definition) is 1. The van der Waals surface area contributed by atoms with E-state index < -0.39 is 0 Å². The molecule has 0 aliphatic heterocycles. The van der Waals surface area contributed by atoms with Crippen LogP contribution in [0.15, 0.2) is 24.3 Å². The molecule has 0 aliphatic carbocycles. The average molecular weight is 236 g/mol. The van der Waals surface area contributed by atoms with E-state index in [-0.39, 0.29) is 6.10 Å². The molecule has 2 heteroatoms. The highest BCUT2D eigenvalue weighted by molar-refractivity contribution is 5.28. The van der Waals surface area contributed by atoms with Gasteiger partial charge >= 0.3 is 0 Å². The topological polar surface area (TPSA) is 29.5 Å². The van der Waals surface area contributed by atoms with E-state index in [2.05, 4.69) is 6.92 Å². The fraction of sp³-hybridized carbons (Fsp3) is 0.600. The van der Waals surface area contributed by atoms with Crippen LogP contribution in [0.4, 0.5) is 0 Å². The molecule has 96 valence electrons. The van der Waals surface area contributed by atoms with E-state index in [1.807, 2.05) is 24.3 Å². The van der Waals surface area contributed by atoms with Gasteiger partial charge in [0.1, 0.15) is 5.75 Å². The Balaban J connectivity index is 2.32. The Morgan fingerprint density at radius 2 is 2.06 bits per heavy atom. The molecule has 0 amide bonds. The van der Waals surface area contributed by atoms with E-state index in [0.29, 0.717) is 6.42 Å². The highest BCUT2D eigenvalue weighted by Gasteiger charge is 2.00. The van der Waals surface area contributed by atoms with Gasteiger partial charge < -0.3 is 9.84 Å². The van der Waals surface area contributed by atoms with Gasteiger partial charge in [-0.25, -0.2) is 0 Å². The predicted octanol–water partition coefficient (Wildman–Crippen LogP) is 3.57. The largest absolute Gasteiger partial charge is 0.494 e. The molecular weight excluding hydrogens is 212 g/mol. The Hall–Kier alpha value is -1.02. The standard InChI is InChI=1S/C15H24O2/c1-3-4-5-6-10-17-15-9-7-8-14(12-15)11-13(2)16/h7-9,12-13,16H,3-6,10-11H2,1-2H3/t13-/m1/s1. The summed E-state index contributed by atoms with van der Waals surface area (Å²) in [7, 11) is 0. The first-order valence-electron chi connectivity index (χ1n) is 6.62. The first kappa shape index (κ1) is 14.0. The van der Waals surface area contributed by atoms with E-state index in [1.54, 1.807) is 6.92 Å². The summed E-state index contributed by atoms with van der Waals surface area (Å²) in [6.45, 7) is 4.80. The highest BCUT2D eigenvalue weighted by atomic mass is 16.5. The molecule has 0 radical (unpaired) electrons. The number of aliphatic hydroxyl groups excluding tert-OH is 1. The maximum absolute atomic E-state index is 9.33. The third kappa shape index (κ3) is 6.32. The van der Waals surface area contributed by atoms with E-state index >= 15 is 0 Å². The third-order valence-electron chi connectivity index (χ3n) is 2.70. The minimum atomic E-state index is -0.296. The second-order valence-corrected chi connectivity index (χ2v) is 4.61. The molecule has 0 saturated carbocycles. The van der Waals surface area contributed by atoms with Crippen LogP contribution in [-0.2, 0) is 6.42 Å². The van der Waals surface area contributed by atoms with Crippen molar-refractivity contribution in [1.82, 2.24) is 0 Å². The van der Waals surface area contributed by atoms with Crippen LogP contribution in [0.2, 0.25) is 0 Å².